The zero-order valence-electron chi connectivity index (χ0n) is 9.10. The van der Waals surface area contributed by atoms with Gasteiger partial charge in [-0.25, -0.2) is 13.6 Å². The van der Waals surface area contributed by atoms with Crippen molar-refractivity contribution in [2.24, 2.45) is 10.9 Å². The fraction of sp³-hybridized carbons (Fsp3) is 0.300. The number of nitrogens with two attached hydrogens (primary N) is 2. The maximum absolute atomic E-state index is 11.2. The number of primary amides is 1. The van der Waals surface area contributed by atoms with Crippen LogP contribution in [0.1, 0.15) is 19.4 Å². The zero-order chi connectivity index (χ0) is 12.6. The van der Waals surface area contributed by atoms with Crippen molar-refractivity contribution in [2.75, 3.05) is 0 Å². The molecule has 0 saturated heterocycles. The first kappa shape index (κ1) is 12.7. The van der Waals surface area contributed by atoms with E-state index >= 15 is 0 Å². The van der Waals surface area contributed by atoms with Gasteiger partial charge in [0.1, 0.15) is 0 Å². The Morgan fingerprint density at radius 2 is 1.62 bits per heavy atom. The van der Waals surface area contributed by atoms with E-state index in [1.54, 1.807) is 13.8 Å². The molecule has 0 aliphatic carbocycles. The van der Waals surface area contributed by atoms with Gasteiger partial charge in [0.15, 0.2) is 0 Å². The van der Waals surface area contributed by atoms with Crippen LogP contribution in [-0.4, -0.2) is 14.3 Å². The largest absolute Gasteiger partial charge is 0.369 e. The summed E-state index contributed by atoms with van der Waals surface area (Å²) in [6.07, 6.45) is 0. The molecule has 0 saturated carbocycles. The molecule has 0 spiro atoms. The maximum Gasteiger partial charge on any atom is 0.238 e. The van der Waals surface area contributed by atoms with Crippen molar-refractivity contribution in [3.63, 3.8) is 0 Å². The minimum atomic E-state index is -3.70. The van der Waals surface area contributed by atoms with E-state index in [0.717, 1.165) is 0 Å². The van der Waals surface area contributed by atoms with E-state index in [2.05, 4.69) is 0 Å². The first-order valence-electron chi connectivity index (χ1n) is 4.59. The van der Waals surface area contributed by atoms with Crippen LogP contribution in [0, 0.1) is 0 Å². The third-order valence-corrected chi connectivity index (χ3v) is 3.45. The average Bonchev–Trinajstić information content (AvgIpc) is 2.16. The van der Waals surface area contributed by atoms with E-state index in [4.69, 9.17) is 10.9 Å². The molecule has 0 heterocycles. The van der Waals surface area contributed by atoms with Crippen molar-refractivity contribution in [3.8, 4) is 0 Å². The lowest BCUT2D eigenvalue weighted by atomic mass is 9.84. The van der Waals surface area contributed by atoms with Gasteiger partial charge in [0.05, 0.1) is 10.3 Å². The van der Waals surface area contributed by atoms with E-state index in [1.165, 1.54) is 24.3 Å². The van der Waals surface area contributed by atoms with Crippen molar-refractivity contribution in [1.29, 1.82) is 0 Å². The van der Waals surface area contributed by atoms with Crippen LogP contribution >= 0.6 is 0 Å². The smallest absolute Gasteiger partial charge is 0.238 e. The molecular weight excluding hydrogens is 228 g/mol. The first-order valence-corrected chi connectivity index (χ1v) is 6.13. The lowest BCUT2D eigenvalue weighted by Gasteiger charge is -2.20. The second-order valence-corrected chi connectivity index (χ2v) is 5.62. The summed E-state index contributed by atoms with van der Waals surface area (Å²) in [6, 6.07) is 5.78. The number of carbonyl (C=O) groups excluding carboxylic acids is 1. The lowest BCUT2D eigenvalue weighted by molar-refractivity contribution is -0.122. The standard InChI is InChI=1S/C10H14N2O3S/c1-10(2,9(11)13)7-3-5-8(6-4-7)16(12,14)15/h3-6H,1-2H3,(H2,11,13)(H2,12,14,15). The highest BCUT2D eigenvalue weighted by Crippen LogP contribution is 2.23. The summed E-state index contributed by atoms with van der Waals surface area (Å²) in [5, 5.41) is 4.96. The van der Waals surface area contributed by atoms with Gasteiger partial charge in [-0.3, -0.25) is 4.79 Å². The molecule has 0 atom stereocenters. The Morgan fingerprint density at radius 3 is 1.94 bits per heavy atom. The SMILES string of the molecule is CC(C)(C(N)=O)c1ccc(S(N)(=O)=O)cc1. The van der Waals surface area contributed by atoms with E-state index in [0.29, 0.717) is 5.56 Å². The molecule has 0 bridgehead atoms. The second-order valence-electron chi connectivity index (χ2n) is 4.06. The molecule has 0 radical (unpaired) electrons. The molecule has 1 aromatic carbocycles. The highest BCUT2D eigenvalue weighted by Gasteiger charge is 2.27. The summed E-state index contributed by atoms with van der Waals surface area (Å²) in [6.45, 7) is 3.34. The Labute approximate surface area is 94.5 Å². The second kappa shape index (κ2) is 3.88. The molecule has 0 aliphatic heterocycles. The summed E-state index contributed by atoms with van der Waals surface area (Å²) in [4.78, 5) is 11.2. The van der Waals surface area contributed by atoms with Gasteiger partial charge in [0.25, 0.3) is 0 Å². The summed E-state index contributed by atoms with van der Waals surface area (Å²) < 4.78 is 22.0. The van der Waals surface area contributed by atoms with Crippen LogP contribution in [-0.2, 0) is 20.2 Å². The Morgan fingerprint density at radius 1 is 1.19 bits per heavy atom. The van der Waals surface area contributed by atoms with Crippen LogP contribution in [0.2, 0.25) is 0 Å². The number of amides is 1. The predicted molar refractivity (Wildman–Crippen MR) is 60.0 cm³/mol. The van der Waals surface area contributed by atoms with Crippen molar-refractivity contribution in [3.05, 3.63) is 29.8 Å². The molecule has 88 valence electrons. The molecule has 4 N–H and O–H groups in total. The molecular formula is C10H14N2O3S. The van der Waals surface area contributed by atoms with Crippen LogP contribution in [0.5, 0.6) is 0 Å². The van der Waals surface area contributed by atoms with Crippen LogP contribution < -0.4 is 10.9 Å². The molecule has 0 aromatic heterocycles. The normalized spacial score (nSPS) is 12.4. The summed E-state index contributed by atoms with van der Waals surface area (Å²) >= 11 is 0. The van der Waals surface area contributed by atoms with Gasteiger partial charge < -0.3 is 5.73 Å². The van der Waals surface area contributed by atoms with Crippen LogP contribution in [0.25, 0.3) is 0 Å². The van der Waals surface area contributed by atoms with Crippen molar-refractivity contribution in [1.82, 2.24) is 0 Å². The van der Waals surface area contributed by atoms with Gasteiger partial charge in [-0.05, 0) is 31.5 Å². The zero-order valence-corrected chi connectivity index (χ0v) is 9.91. The Balaban J connectivity index is 3.19. The number of hydrogen-bond acceptors (Lipinski definition) is 3. The van der Waals surface area contributed by atoms with Gasteiger partial charge in [-0.1, -0.05) is 12.1 Å². The quantitative estimate of drug-likeness (QED) is 0.785. The van der Waals surface area contributed by atoms with Crippen molar-refractivity contribution in [2.45, 2.75) is 24.2 Å². The number of sulfonamides is 1. The molecule has 0 unspecified atom stereocenters. The Kier molecular flexibility index (Phi) is 3.07. The Bertz CT molecular complexity index is 503. The number of primary sulfonamides is 1. The highest BCUT2D eigenvalue weighted by molar-refractivity contribution is 7.89. The molecule has 0 aliphatic rings. The van der Waals surface area contributed by atoms with E-state index in [-0.39, 0.29) is 4.90 Å². The third kappa shape index (κ3) is 2.40. The Hall–Kier alpha value is -1.40. The highest BCUT2D eigenvalue weighted by atomic mass is 32.2. The van der Waals surface area contributed by atoms with Gasteiger partial charge in [0.2, 0.25) is 15.9 Å². The third-order valence-electron chi connectivity index (χ3n) is 2.52. The summed E-state index contributed by atoms with van der Waals surface area (Å²) in [5.74, 6) is -0.476. The van der Waals surface area contributed by atoms with Gasteiger partial charge in [-0.2, -0.15) is 0 Å². The van der Waals surface area contributed by atoms with Gasteiger partial charge in [0, 0.05) is 0 Å². The minimum Gasteiger partial charge on any atom is -0.369 e. The first-order chi connectivity index (χ1) is 7.15. The molecule has 1 aromatic rings. The van der Waals surface area contributed by atoms with Crippen LogP contribution in [0.4, 0.5) is 0 Å². The van der Waals surface area contributed by atoms with E-state index < -0.39 is 21.3 Å². The minimum absolute atomic E-state index is 0.0107. The van der Waals surface area contributed by atoms with E-state index in [1.807, 2.05) is 0 Å². The van der Waals surface area contributed by atoms with Crippen molar-refractivity contribution >= 4 is 15.9 Å². The van der Waals surface area contributed by atoms with Crippen LogP contribution in [0.15, 0.2) is 29.2 Å². The number of carbonyl (C=O) groups is 1. The molecule has 16 heavy (non-hydrogen) atoms. The molecule has 1 rings (SSSR count). The van der Waals surface area contributed by atoms with Crippen LogP contribution in [0.3, 0.4) is 0 Å². The fourth-order valence-corrected chi connectivity index (χ4v) is 1.72. The molecule has 1 amide bonds. The lowest BCUT2D eigenvalue weighted by Crippen LogP contribution is -2.35. The topological polar surface area (TPSA) is 103 Å². The number of benzene rings is 1. The maximum atomic E-state index is 11.2. The summed E-state index contributed by atoms with van der Waals surface area (Å²) in [7, 11) is -3.70. The van der Waals surface area contributed by atoms with E-state index in [9.17, 15) is 13.2 Å². The van der Waals surface area contributed by atoms with Gasteiger partial charge >= 0.3 is 0 Å². The molecule has 6 heteroatoms. The number of hydrogen-bond donors (Lipinski definition) is 2. The average molecular weight is 242 g/mol. The molecule has 5 nitrogen and oxygen atoms in total. The monoisotopic (exact) mass is 242 g/mol. The predicted octanol–water partition coefficient (Wildman–Crippen LogP) is 0.0969. The summed E-state index contributed by atoms with van der Waals surface area (Å²) in [5.41, 5.74) is 5.05. The fourth-order valence-electron chi connectivity index (χ4n) is 1.20. The molecule has 0 fully saturated rings. The van der Waals surface area contributed by atoms with Crippen molar-refractivity contribution < 1.29 is 13.2 Å². The number of rotatable bonds is 3. The van der Waals surface area contributed by atoms with Gasteiger partial charge in [-0.15, -0.1) is 0 Å².